The molecule has 21 heavy (non-hydrogen) atoms. The van der Waals surface area contributed by atoms with Crippen LogP contribution in [-0.2, 0) is 9.59 Å². The Morgan fingerprint density at radius 1 is 1.19 bits per heavy atom. The van der Waals surface area contributed by atoms with Crippen molar-refractivity contribution in [2.45, 2.75) is 39.5 Å². The molecule has 0 unspecified atom stereocenters. The predicted molar refractivity (Wildman–Crippen MR) is 78.9 cm³/mol. The third-order valence-corrected chi connectivity index (χ3v) is 3.14. The van der Waals surface area contributed by atoms with Gasteiger partial charge >= 0.3 is 0 Å². The van der Waals surface area contributed by atoms with Gasteiger partial charge in [-0.3, -0.25) is 4.79 Å². The Hall–Kier alpha value is -2.04. The van der Waals surface area contributed by atoms with Crippen LogP contribution in [0.2, 0.25) is 0 Å². The fraction of sp³-hybridized carbons (Fsp3) is 0.500. The number of nitrogens with one attached hydrogen (secondary N) is 1. The summed E-state index contributed by atoms with van der Waals surface area (Å²) < 4.78 is 5.31. The number of carbonyl (C=O) groups is 2. The third-order valence-electron chi connectivity index (χ3n) is 3.14. The molecule has 116 valence electrons. The largest absolute Gasteiger partial charge is 0.550 e. The van der Waals surface area contributed by atoms with Crippen LogP contribution >= 0.6 is 0 Å². The molecule has 1 amide bonds. The number of carboxylic acids is 1. The maximum Gasteiger partial charge on any atom is 0.224 e. The predicted octanol–water partition coefficient (Wildman–Crippen LogP) is 1.97. The van der Waals surface area contributed by atoms with Gasteiger partial charge in [0.1, 0.15) is 5.75 Å². The average molecular weight is 292 g/mol. The first kappa shape index (κ1) is 17.0. The molecule has 0 spiro atoms. The zero-order chi connectivity index (χ0) is 15.7. The molecule has 1 aromatic rings. The summed E-state index contributed by atoms with van der Waals surface area (Å²) >= 11 is 0. The lowest BCUT2D eigenvalue weighted by molar-refractivity contribution is -0.312. The van der Waals surface area contributed by atoms with Crippen LogP contribution in [0.25, 0.3) is 0 Å². The SMILES string of the molecule is CCC[C@@H](CCC(=O)Nc1ccc(OCC)cc1)C(=O)[O-]. The molecule has 5 heteroatoms. The van der Waals surface area contributed by atoms with Crippen LogP contribution in [0.3, 0.4) is 0 Å². The van der Waals surface area contributed by atoms with Crippen molar-refractivity contribution in [1.29, 1.82) is 0 Å². The van der Waals surface area contributed by atoms with E-state index in [0.29, 0.717) is 25.1 Å². The summed E-state index contributed by atoms with van der Waals surface area (Å²) in [5.41, 5.74) is 0.670. The van der Waals surface area contributed by atoms with Crippen molar-refractivity contribution in [1.82, 2.24) is 0 Å². The molecule has 0 radical (unpaired) electrons. The number of amides is 1. The second-order valence-corrected chi connectivity index (χ2v) is 4.85. The van der Waals surface area contributed by atoms with Gasteiger partial charge in [0.15, 0.2) is 0 Å². The van der Waals surface area contributed by atoms with Gasteiger partial charge in [0.05, 0.1) is 6.61 Å². The Labute approximate surface area is 125 Å². The first-order chi connectivity index (χ1) is 10.1. The first-order valence-corrected chi connectivity index (χ1v) is 7.30. The number of ether oxygens (including phenoxy) is 1. The monoisotopic (exact) mass is 292 g/mol. The molecule has 1 atom stereocenters. The molecule has 0 saturated heterocycles. The van der Waals surface area contributed by atoms with E-state index in [1.807, 2.05) is 13.8 Å². The molecule has 1 aromatic carbocycles. The van der Waals surface area contributed by atoms with Crippen LogP contribution in [0.1, 0.15) is 39.5 Å². The van der Waals surface area contributed by atoms with Crippen LogP contribution in [0.5, 0.6) is 5.75 Å². The smallest absolute Gasteiger partial charge is 0.224 e. The third kappa shape index (κ3) is 6.29. The molecule has 0 aliphatic carbocycles. The highest BCUT2D eigenvalue weighted by atomic mass is 16.5. The van der Waals surface area contributed by atoms with E-state index in [1.165, 1.54) is 0 Å². The summed E-state index contributed by atoms with van der Waals surface area (Å²) in [6.07, 6.45) is 1.78. The van der Waals surface area contributed by atoms with E-state index in [-0.39, 0.29) is 12.3 Å². The van der Waals surface area contributed by atoms with Gasteiger partial charge in [-0.1, -0.05) is 13.3 Å². The molecule has 0 aromatic heterocycles. The highest BCUT2D eigenvalue weighted by molar-refractivity contribution is 5.90. The number of hydrogen-bond acceptors (Lipinski definition) is 4. The van der Waals surface area contributed by atoms with Crippen molar-refractivity contribution in [3.05, 3.63) is 24.3 Å². The Balaban J connectivity index is 2.44. The number of carboxylic acid groups (broad SMARTS) is 1. The molecule has 0 fully saturated rings. The van der Waals surface area contributed by atoms with Crippen molar-refractivity contribution >= 4 is 17.6 Å². The molecule has 0 bridgehead atoms. The summed E-state index contributed by atoms with van der Waals surface area (Å²) in [6, 6.07) is 7.07. The van der Waals surface area contributed by atoms with Gasteiger partial charge in [-0.05, 0) is 49.9 Å². The van der Waals surface area contributed by atoms with Crippen LogP contribution in [0.15, 0.2) is 24.3 Å². The molecular weight excluding hydrogens is 270 g/mol. The molecule has 1 rings (SSSR count). The van der Waals surface area contributed by atoms with Gasteiger partial charge in [-0.2, -0.15) is 0 Å². The quantitative estimate of drug-likeness (QED) is 0.754. The summed E-state index contributed by atoms with van der Waals surface area (Å²) in [4.78, 5) is 22.7. The number of anilines is 1. The number of aliphatic carboxylic acids is 1. The fourth-order valence-corrected chi connectivity index (χ4v) is 2.06. The molecule has 5 nitrogen and oxygen atoms in total. The summed E-state index contributed by atoms with van der Waals surface area (Å²) in [6.45, 7) is 4.41. The van der Waals surface area contributed by atoms with Crippen molar-refractivity contribution in [2.24, 2.45) is 5.92 Å². The van der Waals surface area contributed by atoms with Crippen LogP contribution in [-0.4, -0.2) is 18.5 Å². The molecule has 1 N–H and O–H groups in total. The number of rotatable bonds is 9. The number of benzene rings is 1. The molecule has 0 saturated carbocycles. The summed E-state index contributed by atoms with van der Waals surface area (Å²) in [5.74, 6) is -1.08. The second-order valence-electron chi connectivity index (χ2n) is 4.85. The van der Waals surface area contributed by atoms with Gasteiger partial charge in [0, 0.05) is 18.1 Å². The molecule has 0 aliphatic heterocycles. The van der Waals surface area contributed by atoms with Crippen molar-refractivity contribution < 1.29 is 19.4 Å². The van der Waals surface area contributed by atoms with E-state index < -0.39 is 11.9 Å². The first-order valence-electron chi connectivity index (χ1n) is 7.30. The molecule has 0 aliphatic rings. The van der Waals surface area contributed by atoms with Crippen LogP contribution in [0, 0.1) is 5.92 Å². The van der Waals surface area contributed by atoms with Crippen LogP contribution in [0.4, 0.5) is 5.69 Å². The van der Waals surface area contributed by atoms with Gasteiger partial charge in [0.2, 0.25) is 5.91 Å². The topological polar surface area (TPSA) is 78.5 Å². The highest BCUT2D eigenvalue weighted by Gasteiger charge is 2.11. The lowest BCUT2D eigenvalue weighted by Crippen LogP contribution is -2.32. The number of hydrogen-bond donors (Lipinski definition) is 1. The summed E-state index contributed by atoms with van der Waals surface area (Å²) in [7, 11) is 0. The second kappa shape index (κ2) is 9.00. The zero-order valence-corrected chi connectivity index (χ0v) is 12.6. The maximum absolute atomic E-state index is 11.8. The van der Waals surface area contributed by atoms with E-state index >= 15 is 0 Å². The van der Waals surface area contributed by atoms with Gasteiger partial charge in [-0.25, -0.2) is 0 Å². The fourth-order valence-electron chi connectivity index (χ4n) is 2.06. The minimum Gasteiger partial charge on any atom is -0.550 e. The van der Waals surface area contributed by atoms with E-state index in [1.54, 1.807) is 24.3 Å². The minimum absolute atomic E-state index is 0.172. The van der Waals surface area contributed by atoms with Crippen molar-refractivity contribution in [3.8, 4) is 5.75 Å². The number of carbonyl (C=O) groups excluding carboxylic acids is 2. The minimum atomic E-state index is -1.08. The van der Waals surface area contributed by atoms with Crippen molar-refractivity contribution in [2.75, 3.05) is 11.9 Å². The van der Waals surface area contributed by atoms with E-state index in [4.69, 9.17) is 4.74 Å². The van der Waals surface area contributed by atoms with Gasteiger partial charge in [0.25, 0.3) is 0 Å². The molecular formula is C16H22NO4-. The van der Waals surface area contributed by atoms with Crippen molar-refractivity contribution in [3.63, 3.8) is 0 Å². The summed E-state index contributed by atoms with van der Waals surface area (Å²) in [5, 5.41) is 13.6. The average Bonchev–Trinajstić information content (AvgIpc) is 2.45. The lowest BCUT2D eigenvalue weighted by Gasteiger charge is -2.16. The standard InChI is InChI=1S/C16H23NO4/c1-3-5-12(16(19)20)6-11-15(18)17-13-7-9-14(10-8-13)21-4-2/h7-10,12H,3-6,11H2,1-2H3,(H,17,18)(H,19,20)/p-1/t12-/m0/s1. The zero-order valence-electron chi connectivity index (χ0n) is 12.6. The Morgan fingerprint density at radius 2 is 1.86 bits per heavy atom. The van der Waals surface area contributed by atoms with Gasteiger partial charge in [-0.15, -0.1) is 0 Å². The molecule has 0 heterocycles. The van der Waals surface area contributed by atoms with Crippen LogP contribution < -0.4 is 15.2 Å². The van der Waals surface area contributed by atoms with Gasteiger partial charge < -0.3 is 20.0 Å². The Morgan fingerprint density at radius 3 is 2.38 bits per heavy atom. The normalized spacial score (nSPS) is 11.7. The van der Waals surface area contributed by atoms with E-state index in [2.05, 4.69) is 5.32 Å². The Bertz CT molecular complexity index is 456. The van der Waals surface area contributed by atoms with E-state index in [0.717, 1.165) is 12.2 Å². The lowest BCUT2D eigenvalue weighted by atomic mass is 9.98. The highest BCUT2D eigenvalue weighted by Crippen LogP contribution is 2.17. The Kier molecular flexibility index (Phi) is 7.29. The maximum atomic E-state index is 11.8. The van der Waals surface area contributed by atoms with E-state index in [9.17, 15) is 14.7 Å².